The van der Waals surface area contributed by atoms with Crippen LogP contribution in [0.3, 0.4) is 0 Å². The van der Waals surface area contributed by atoms with Crippen LogP contribution in [0, 0.1) is 6.92 Å². The van der Waals surface area contributed by atoms with Crippen molar-refractivity contribution >= 4 is 68.4 Å². The van der Waals surface area contributed by atoms with Gasteiger partial charge >= 0.3 is 0 Å². The van der Waals surface area contributed by atoms with Crippen molar-refractivity contribution in [3.63, 3.8) is 0 Å². The highest BCUT2D eigenvalue weighted by atomic mass is 35.5. The number of carbonyl (C=O) groups excluding carboxylic acids is 3. The van der Waals surface area contributed by atoms with E-state index in [1.165, 1.54) is 11.3 Å². The summed E-state index contributed by atoms with van der Waals surface area (Å²) in [5, 5.41) is 1.19. The first-order valence-electron chi connectivity index (χ1n) is 10.4. The smallest absolute Gasteiger partial charge is 0.248 e. The Labute approximate surface area is 201 Å². The molecule has 1 aromatic carbocycles. The van der Waals surface area contributed by atoms with E-state index in [2.05, 4.69) is 4.90 Å². The number of hydrogen-bond donors (Lipinski definition) is 0. The highest BCUT2D eigenvalue weighted by Crippen LogP contribution is 2.33. The first-order chi connectivity index (χ1) is 14.9. The lowest BCUT2D eigenvalue weighted by atomic mass is 10.2. The number of imide groups is 1. The zero-order valence-electron chi connectivity index (χ0n) is 17.8. The Kier molecular flexibility index (Phi) is 8.46. The summed E-state index contributed by atoms with van der Waals surface area (Å²) in [4.78, 5) is 46.9. The van der Waals surface area contributed by atoms with Crippen LogP contribution in [0.1, 0.15) is 24.8 Å². The van der Waals surface area contributed by atoms with Crippen molar-refractivity contribution in [2.45, 2.75) is 26.2 Å². The number of carbonyl (C=O) groups is 3. The first-order valence-corrected chi connectivity index (χ1v) is 11.6. The van der Waals surface area contributed by atoms with E-state index in [9.17, 15) is 14.4 Å². The Morgan fingerprint density at radius 3 is 2.59 bits per heavy atom. The number of aromatic nitrogens is 1. The summed E-state index contributed by atoms with van der Waals surface area (Å²) in [6, 6.07) is 3.69. The zero-order valence-corrected chi connectivity index (χ0v) is 20.2. The number of anilines is 1. The molecule has 2 aliphatic heterocycles. The number of likely N-dealkylation sites (tertiary alicyclic amines) is 1. The van der Waals surface area contributed by atoms with Crippen molar-refractivity contribution in [1.82, 2.24) is 14.8 Å². The number of nitrogens with zero attached hydrogens (tertiary/aromatic N) is 4. The van der Waals surface area contributed by atoms with Crippen molar-refractivity contribution in [2.75, 3.05) is 50.8 Å². The van der Waals surface area contributed by atoms with Gasteiger partial charge in [0.2, 0.25) is 17.7 Å². The van der Waals surface area contributed by atoms with Gasteiger partial charge in [0.1, 0.15) is 6.54 Å². The third-order valence-corrected chi connectivity index (χ3v) is 6.82. The summed E-state index contributed by atoms with van der Waals surface area (Å²) < 4.78 is 6.29. The van der Waals surface area contributed by atoms with E-state index >= 15 is 0 Å². The van der Waals surface area contributed by atoms with Gasteiger partial charge in [-0.1, -0.05) is 22.9 Å². The lowest BCUT2D eigenvalue weighted by Gasteiger charge is -2.28. The SMILES string of the molecule is Cc1cc(Cl)cc2sc(N(CCCN3CCOCC3)C(=O)CN3C(=O)CCC3=O)nc12.Cl. The largest absolute Gasteiger partial charge is 0.379 e. The average Bonchev–Trinajstić information content (AvgIpc) is 3.30. The third kappa shape index (κ3) is 5.58. The van der Waals surface area contributed by atoms with Gasteiger partial charge in [0, 0.05) is 44.0 Å². The number of halogens is 2. The summed E-state index contributed by atoms with van der Waals surface area (Å²) >= 11 is 7.59. The maximum atomic E-state index is 13.2. The van der Waals surface area contributed by atoms with Crippen LogP contribution in [0.2, 0.25) is 5.02 Å². The van der Waals surface area contributed by atoms with E-state index in [0.29, 0.717) is 16.7 Å². The van der Waals surface area contributed by atoms with E-state index in [0.717, 1.165) is 59.9 Å². The minimum absolute atomic E-state index is 0. The van der Waals surface area contributed by atoms with E-state index in [1.807, 2.05) is 19.1 Å². The molecule has 2 aliphatic rings. The Morgan fingerprint density at radius 1 is 1.22 bits per heavy atom. The Hall–Kier alpha value is -1.78. The molecule has 2 saturated heterocycles. The van der Waals surface area contributed by atoms with Crippen LogP contribution < -0.4 is 4.90 Å². The van der Waals surface area contributed by atoms with E-state index in [1.54, 1.807) is 4.90 Å². The molecule has 0 saturated carbocycles. The number of hydrogen-bond acceptors (Lipinski definition) is 7. The molecule has 4 rings (SSSR count). The molecule has 0 aliphatic carbocycles. The normalized spacial score (nSPS) is 17.1. The molecule has 0 unspecified atom stereocenters. The Morgan fingerprint density at radius 2 is 1.91 bits per heavy atom. The summed E-state index contributed by atoms with van der Waals surface area (Å²) in [6.07, 6.45) is 1.09. The molecule has 0 bridgehead atoms. The maximum Gasteiger partial charge on any atom is 0.248 e. The summed E-state index contributed by atoms with van der Waals surface area (Å²) in [7, 11) is 0. The number of morpholine rings is 1. The van der Waals surface area contributed by atoms with Gasteiger partial charge < -0.3 is 4.74 Å². The molecular formula is C21H26Cl2N4O4S. The molecule has 0 atom stereocenters. The second-order valence-electron chi connectivity index (χ2n) is 7.79. The lowest BCUT2D eigenvalue weighted by Crippen LogP contribution is -2.44. The van der Waals surface area contributed by atoms with Crippen LogP contribution in [0.25, 0.3) is 10.2 Å². The summed E-state index contributed by atoms with van der Waals surface area (Å²) in [5.41, 5.74) is 1.75. The number of benzene rings is 1. The van der Waals surface area contributed by atoms with Gasteiger partial charge in [-0.25, -0.2) is 4.98 Å². The summed E-state index contributed by atoms with van der Waals surface area (Å²) in [6.45, 7) is 6.19. The van der Waals surface area contributed by atoms with E-state index < -0.39 is 0 Å². The van der Waals surface area contributed by atoms with Crippen molar-refractivity contribution in [3.05, 3.63) is 22.7 Å². The predicted molar refractivity (Wildman–Crippen MR) is 127 cm³/mol. The van der Waals surface area contributed by atoms with Crippen LogP contribution in [-0.2, 0) is 19.1 Å². The van der Waals surface area contributed by atoms with Gasteiger partial charge in [0.05, 0.1) is 23.4 Å². The van der Waals surface area contributed by atoms with Crippen molar-refractivity contribution in [2.24, 2.45) is 0 Å². The quantitative estimate of drug-likeness (QED) is 0.543. The standard InChI is InChI=1S/C21H25ClN4O4S.ClH/c1-14-11-15(22)12-16-20(14)23-21(31-16)25(6-2-5-24-7-9-30-10-8-24)19(29)13-26-17(27)3-4-18(26)28;/h11-12H,2-10,13H2,1H3;1H. The fraction of sp³-hybridized carbons (Fsp3) is 0.524. The van der Waals surface area contributed by atoms with Crippen molar-refractivity contribution in [3.8, 4) is 0 Å². The maximum absolute atomic E-state index is 13.2. The molecule has 3 amide bonds. The molecule has 174 valence electrons. The van der Waals surface area contributed by atoms with Crippen LogP contribution in [0.4, 0.5) is 5.13 Å². The number of aryl methyl sites for hydroxylation is 1. The monoisotopic (exact) mass is 500 g/mol. The van der Waals surface area contributed by atoms with Crippen LogP contribution in [-0.4, -0.2) is 78.4 Å². The third-order valence-electron chi connectivity index (χ3n) is 5.58. The molecule has 32 heavy (non-hydrogen) atoms. The molecule has 1 aromatic heterocycles. The highest BCUT2D eigenvalue weighted by Gasteiger charge is 2.32. The summed E-state index contributed by atoms with van der Waals surface area (Å²) in [5.74, 6) is -0.884. The predicted octanol–water partition coefficient (Wildman–Crippen LogP) is 2.88. The molecule has 3 heterocycles. The first kappa shape index (κ1) is 24.9. The topological polar surface area (TPSA) is 83.0 Å². The van der Waals surface area contributed by atoms with Crippen LogP contribution in [0.5, 0.6) is 0 Å². The molecule has 0 N–H and O–H groups in total. The number of rotatable bonds is 7. The van der Waals surface area contributed by atoms with Gasteiger partial charge in [0.25, 0.3) is 0 Å². The molecule has 11 heteroatoms. The second kappa shape index (κ2) is 10.9. The van der Waals surface area contributed by atoms with E-state index in [4.69, 9.17) is 21.3 Å². The van der Waals surface area contributed by atoms with E-state index in [-0.39, 0.29) is 49.5 Å². The molecule has 2 aromatic rings. The highest BCUT2D eigenvalue weighted by molar-refractivity contribution is 7.22. The van der Waals surface area contributed by atoms with Gasteiger partial charge in [-0.2, -0.15) is 0 Å². The van der Waals surface area contributed by atoms with Gasteiger partial charge in [-0.3, -0.25) is 29.1 Å². The number of fused-ring (bicyclic) bond motifs is 1. The molecule has 2 fully saturated rings. The fourth-order valence-corrected chi connectivity index (χ4v) is 5.35. The molecular weight excluding hydrogens is 475 g/mol. The van der Waals surface area contributed by atoms with Crippen molar-refractivity contribution in [1.29, 1.82) is 0 Å². The number of ether oxygens (including phenoxy) is 1. The van der Waals surface area contributed by atoms with Crippen LogP contribution in [0.15, 0.2) is 12.1 Å². The lowest BCUT2D eigenvalue weighted by molar-refractivity contribution is -0.141. The van der Waals surface area contributed by atoms with Crippen LogP contribution >= 0.6 is 35.3 Å². The number of thiazole rings is 1. The van der Waals surface area contributed by atoms with Gasteiger partial charge in [-0.15, -0.1) is 12.4 Å². The minimum Gasteiger partial charge on any atom is -0.379 e. The zero-order chi connectivity index (χ0) is 22.0. The van der Waals surface area contributed by atoms with Gasteiger partial charge in [0.15, 0.2) is 5.13 Å². The van der Waals surface area contributed by atoms with Crippen molar-refractivity contribution < 1.29 is 19.1 Å². The minimum atomic E-state index is -0.298. The molecule has 0 spiro atoms. The fourth-order valence-electron chi connectivity index (χ4n) is 3.88. The van der Waals surface area contributed by atoms with Gasteiger partial charge in [-0.05, 0) is 31.0 Å². The molecule has 8 nitrogen and oxygen atoms in total. The average molecular weight is 501 g/mol. The second-order valence-corrected chi connectivity index (χ2v) is 9.24. The Balaban J connectivity index is 0.00000289. The Bertz CT molecular complexity index is 993. The molecule has 0 radical (unpaired) electrons. The number of amides is 3.